The summed E-state index contributed by atoms with van der Waals surface area (Å²) < 4.78 is 9.73. The number of esters is 1. The van der Waals surface area contributed by atoms with Gasteiger partial charge in [0.1, 0.15) is 0 Å². The molecule has 0 amide bonds. The summed E-state index contributed by atoms with van der Waals surface area (Å²) in [4.78, 5) is 32.1. The highest BCUT2D eigenvalue weighted by Gasteiger charge is 2.33. The number of nitrogens with zero attached hydrogens (tertiary/aromatic N) is 3. The van der Waals surface area contributed by atoms with Crippen molar-refractivity contribution in [1.82, 2.24) is 9.13 Å². The number of aryl methyl sites for hydroxylation is 2. The van der Waals surface area contributed by atoms with E-state index in [0.29, 0.717) is 20.6 Å². The molecule has 0 saturated heterocycles. The first-order valence-corrected chi connectivity index (χ1v) is 12.4. The Morgan fingerprint density at radius 3 is 2.54 bits per heavy atom. The number of hydrogen-bond acceptors (Lipinski definition) is 5. The summed E-state index contributed by atoms with van der Waals surface area (Å²) in [5.74, 6) is -0.446. The van der Waals surface area contributed by atoms with Gasteiger partial charge in [0, 0.05) is 29.2 Å². The lowest BCUT2D eigenvalue weighted by atomic mass is 9.95. The Bertz CT molecular complexity index is 1680. The Morgan fingerprint density at radius 2 is 1.83 bits per heavy atom. The Kier molecular flexibility index (Phi) is 5.81. The van der Waals surface area contributed by atoms with E-state index in [-0.39, 0.29) is 12.2 Å². The van der Waals surface area contributed by atoms with Crippen LogP contribution in [0.2, 0.25) is 0 Å². The van der Waals surface area contributed by atoms with E-state index < -0.39 is 12.0 Å². The number of para-hydroxylation sites is 1. The normalized spacial score (nSPS) is 15.9. The number of aromatic nitrogens is 2. The Hall–Kier alpha value is -3.71. The number of benzene rings is 2. The molecule has 0 saturated carbocycles. The highest BCUT2D eigenvalue weighted by Crippen LogP contribution is 2.31. The zero-order valence-electron chi connectivity index (χ0n) is 20.5. The zero-order valence-corrected chi connectivity index (χ0v) is 21.3. The minimum Gasteiger partial charge on any atom is -0.463 e. The maximum Gasteiger partial charge on any atom is 0.338 e. The zero-order chi connectivity index (χ0) is 24.9. The number of rotatable bonds is 4. The number of fused-ring (bicyclic) bond motifs is 2. The van der Waals surface area contributed by atoms with Gasteiger partial charge in [0.15, 0.2) is 4.80 Å². The van der Waals surface area contributed by atoms with E-state index in [1.807, 2.05) is 56.4 Å². The quantitative estimate of drug-likeness (QED) is 0.412. The standard InChI is InChI=1S/C28H27N3O3S/c1-6-34-27(33)24-17(3)29-28-31(25(24)19-13-11-16(2)12-14-19)26(32)23(35-28)15-21-18(4)30(5)22-10-8-7-9-20(21)22/h7-15,25H,6H2,1-5H3/b23-15+/t25-/m1/s1. The van der Waals surface area contributed by atoms with Crippen molar-refractivity contribution in [3.8, 4) is 0 Å². The first-order valence-electron chi connectivity index (χ1n) is 11.6. The smallest absolute Gasteiger partial charge is 0.338 e. The predicted molar refractivity (Wildman–Crippen MR) is 139 cm³/mol. The van der Waals surface area contributed by atoms with Crippen molar-refractivity contribution < 1.29 is 9.53 Å². The fourth-order valence-corrected chi connectivity index (χ4v) is 5.75. The second kappa shape index (κ2) is 8.82. The molecule has 0 fully saturated rings. The van der Waals surface area contributed by atoms with E-state index >= 15 is 0 Å². The molecule has 1 atom stereocenters. The number of carbonyl (C=O) groups excluding carboxylic acids is 1. The molecule has 0 aliphatic carbocycles. The molecule has 3 heterocycles. The van der Waals surface area contributed by atoms with Crippen molar-refractivity contribution in [1.29, 1.82) is 0 Å². The summed E-state index contributed by atoms with van der Waals surface area (Å²) in [5, 5.41) is 1.09. The topological polar surface area (TPSA) is 65.6 Å². The molecule has 1 aliphatic heterocycles. The molecule has 2 aromatic heterocycles. The molecule has 0 bridgehead atoms. The first kappa shape index (κ1) is 23.1. The summed E-state index contributed by atoms with van der Waals surface area (Å²) in [6.07, 6.45) is 1.96. The van der Waals surface area contributed by atoms with Crippen molar-refractivity contribution in [3.05, 3.63) is 102 Å². The summed E-state index contributed by atoms with van der Waals surface area (Å²) in [6, 6.07) is 15.5. The molecule has 0 N–H and O–H groups in total. The van der Waals surface area contributed by atoms with Crippen LogP contribution in [0, 0.1) is 13.8 Å². The molecule has 35 heavy (non-hydrogen) atoms. The van der Waals surface area contributed by atoms with Gasteiger partial charge in [-0.05, 0) is 45.4 Å². The largest absolute Gasteiger partial charge is 0.463 e. The highest BCUT2D eigenvalue weighted by atomic mass is 32.1. The van der Waals surface area contributed by atoms with Crippen molar-refractivity contribution in [2.24, 2.45) is 12.0 Å². The van der Waals surface area contributed by atoms with E-state index in [1.54, 1.807) is 18.4 Å². The maximum atomic E-state index is 13.9. The molecular formula is C28H27N3O3S. The fraction of sp³-hybridized carbons (Fsp3) is 0.250. The molecule has 5 rings (SSSR count). The predicted octanol–water partition coefficient (Wildman–Crippen LogP) is 3.91. The van der Waals surface area contributed by atoms with E-state index in [0.717, 1.165) is 33.3 Å². The minimum absolute atomic E-state index is 0.166. The highest BCUT2D eigenvalue weighted by molar-refractivity contribution is 7.07. The number of allylic oxidation sites excluding steroid dienone is 1. The molecule has 1 aliphatic rings. The average Bonchev–Trinajstić information content (AvgIpc) is 3.27. The Balaban J connectivity index is 1.77. The summed E-state index contributed by atoms with van der Waals surface area (Å²) in [7, 11) is 2.03. The van der Waals surface area contributed by atoms with Crippen LogP contribution in [0.3, 0.4) is 0 Å². The van der Waals surface area contributed by atoms with Crippen LogP contribution in [0.1, 0.15) is 42.3 Å². The van der Waals surface area contributed by atoms with Crippen LogP contribution >= 0.6 is 11.3 Å². The van der Waals surface area contributed by atoms with Gasteiger partial charge >= 0.3 is 5.97 Å². The van der Waals surface area contributed by atoms with Crippen LogP contribution < -0.4 is 14.9 Å². The number of thiazole rings is 1. The molecule has 7 heteroatoms. The average molecular weight is 486 g/mol. The molecule has 0 unspecified atom stereocenters. The third-order valence-electron chi connectivity index (χ3n) is 6.63. The lowest BCUT2D eigenvalue weighted by molar-refractivity contribution is -0.139. The molecule has 178 valence electrons. The van der Waals surface area contributed by atoms with Crippen LogP contribution in [-0.2, 0) is 16.6 Å². The van der Waals surface area contributed by atoms with Gasteiger partial charge in [0.25, 0.3) is 5.56 Å². The molecule has 4 aromatic rings. The molecule has 0 radical (unpaired) electrons. The molecular weight excluding hydrogens is 458 g/mol. The second-order valence-electron chi connectivity index (χ2n) is 8.79. The SMILES string of the molecule is CCOC(=O)C1=C(C)N=c2s/c(=C/c3c(C)n(C)c4ccccc34)c(=O)n2[C@@H]1c1ccc(C)cc1. The van der Waals surface area contributed by atoms with Gasteiger partial charge in [-0.2, -0.15) is 0 Å². The molecule has 2 aromatic carbocycles. The number of hydrogen-bond donors (Lipinski definition) is 0. The van der Waals surface area contributed by atoms with Crippen LogP contribution in [0.25, 0.3) is 17.0 Å². The van der Waals surface area contributed by atoms with Gasteiger partial charge in [-0.15, -0.1) is 0 Å². The van der Waals surface area contributed by atoms with Gasteiger partial charge in [-0.25, -0.2) is 9.79 Å². The van der Waals surface area contributed by atoms with Gasteiger partial charge in [-0.3, -0.25) is 9.36 Å². The number of ether oxygens (including phenoxy) is 1. The van der Waals surface area contributed by atoms with Crippen LogP contribution in [0.5, 0.6) is 0 Å². The fourth-order valence-electron chi connectivity index (χ4n) is 4.72. The summed E-state index contributed by atoms with van der Waals surface area (Å²) in [5.41, 5.74) is 5.96. The third kappa shape index (κ3) is 3.76. The van der Waals surface area contributed by atoms with Gasteiger partial charge in [0.05, 0.1) is 28.5 Å². The van der Waals surface area contributed by atoms with Gasteiger partial charge in [-0.1, -0.05) is 59.4 Å². The van der Waals surface area contributed by atoms with Crippen molar-refractivity contribution >= 4 is 34.3 Å². The minimum atomic E-state index is -0.596. The van der Waals surface area contributed by atoms with Crippen LogP contribution in [-0.4, -0.2) is 21.7 Å². The Morgan fingerprint density at radius 1 is 1.11 bits per heavy atom. The Labute approximate surface area is 207 Å². The third-order valence-corrected chi connectivity index (χ3v) is 7.62. The lowest BCUT2D eigenvalue weighted by Gasteiger charge is -2.24. The summed E-state index contributed by atoms with van der Waals surface area (Å²) >= 11 is 1.35. The van der Waals surface area contributed by atoms with E-state index in [1.165, 1.54) is 11.3 Å². The van der Waals surface area contributed by atoms with Crippen molar-refractivity contribution in [2.45, 2.75) is 33.7 Å². The molecule has 6 nitrogen and oxygen atoms in total. The van der Waals surface area contributed by atoms with E-state index in [9.17, 15) is 9.59 Å². The lowest BCUT2D eigenvalue weighted by Crippen LogP contribution is -2.39. The second-order valence-corrected chi connectivity index (χ2v) is 9.80. The van der Waals surface area contributed by atoms with E-state index in [2.05, 4.69) is 28.6 Å². The molecule has 0 spiro atoms. The van der Waals surface area contributed by atoms with Crippen molar-refractivity contribution in [2.75, 3.05) is 6.61 Å². The monoisotopic (exact) mass is 485 g/mol. The first-order chi connectivity index (χ1) is 16.8. The van der Waals surface area contributed by atoms with Gasteiger partial charge in [0.2, 0.25) is 0 Å². The maximum absolute atomic E-state index is 13.9. The van der Waals surface area contributed by atoms with Crippen LogP contribution in [0.15, 0.2) is 69.6 Å². The number of carbonyl (C=O) groups is 1. The summed E-state index contributed by atoms with van der Waals surface area (Å²) in [6.45, 7) is 7.90. The van der Waals surface area contributed by atoms with E-state index in [4.69, 9.17) is 4.74 Å². The van der Waals surface area contributed by atoms with Crippen LogP contribution in [0.4, 0.5) is 0 Å². The van der Waals surface area contributed by atoms with Crippen molar-refractivity contribution in [3.63, 3.8) is 0 Å². The van der Waals surface area contributed by atoms with Gasteiger partial charge < -0.3 is 9.30 Å².